The second-order valence-corrected chi connectivity index (χ2v) is 7.93. The highest BCUT2D eigenvalue weighted by Gasteiger charge is 2.35. The van der Waals surface area contributed by atoms with E-state index >= 15 is 0 Å². The summed E-state index contributed by atoms with van der Waals surface area (Å²) in [7, 11) is 1.64. The maximum absolute atomic E-state index is 13.4. The van der Waals surface area contributed by atoms with Crippen LogP contribution >= 0.6 is 0 Å². The molecule has 1 fully saturated rings. The lowest BCUT2D eigenvalue weighted by Gasteiger charge is -2.39. The van der Waals surface area contributed by atoms with Gasteiger partial charge in [0.2, 0.25) is 0 Å². The zero-order valence-corrected chi connectivity index (χ0v) is 17.9. The molecule has 0 spiro atoms. The van der Waals surface area contributed by atoms with E-state index in [9.17, 15) is 4.79 Å². The minimum Gasteiger partial charge on any atom is -0.493 e. The Labute approximate surface area is 178 Å². The lowest BCUT2D eigenvalue weighted by Crippen LogP contribution is -2.46. The van der Waals surface area contributed by atoms with Gasteiger partial charge in [0.25, 0.3) is 5.91 Å². The molecule has 3 atom stereocenters. The first-order chi connectivity index (χ1) is 14.6. The van der Waals surface area contributed by atoms with Crippen LogP contribution in [0, 0.1) is 0 Å². The fourth-order valence-corrected chi connectivity index (χ4v) is 4.00. The van der Waals surface area contributed by atoms with Crippen LogP contribution in [0.15, 0.2) is 42.5 Å². The van der Waals surface area contributed by atoms with Crippen molar-refractivity contribution in [2.45, 2.75) is 51.5 Å². The Morgan fingerprint density at radius 1 is 1.23 bits per heavy atom. The van der Waals surface area contributed by atoms with Crippen LogP contribution in [0.25, 0.3) is 0 Å². The quantitative estimate of drug-likeness (QED) is 0.722. The van der Waals surface area contributed by atoms with E-state index in [1.165, 1.54) is 0 Å². The average molecular weight is 411 g/mol. The van der Waals surface area contributed by atoms with E-state index in [2.05, 4.69) is 12.2 Å². The van der Waals surface area contributed by atoms with Crippen molar-refractivity contribution < 1.29 is 19.0 Å². The van der Waals surface area contributed by atoms with E-state index in [0.717, 1.165) is 37.1 Å². The van der Waals surface area contributed by atoms with Gasteiger partial charge in [0.15, 0.2) is 11.5 Å². The Bertz CT molecular complexity index is 895. The van der Waals surface area contributed by atoms with E-state index in [4.69, 9.17) is 14.2 Å². The van der Waals surface area contributed by atoms with Crippen LogP contribution < -0.4 is 14.8 Å². The molecule has 1 N–H and O–H groups in total. The largest absolute Gasteiger partial charge is 0.493 e. The van der Waals surface area contributed by atoms with E-state index in [-0.39, 0.29) is 24.3 Å². The topological polar surface area (TPSA) is 60.0 Å². The van der Waals surface area contributed by atoms with E-state index in [0.29, 0.717) is 23.6 Å². The third-order valence-electron chi connectivity index (χ3n) is 5.85. The number of benzene rings is 2. The third-order valence-corrected chi connectivity index (χ3v) is 5.85. The molecule has 1 saturated heterocycles. The van der Waals surface area contributed by atoms with Crippen LogP contribution in [-0.4, -0.2) is 43.3 Å². The van der Waals surface area contributed by atoms with Gasteiger partial charge in [0.1, 0.15) is 6.17 Å². The molecule has 2 heterocycles. The zero-order valence-electron chi connectivity index (χ0n) is 17.9. The lowest BCUT2D eigenvalue weighted by atomic mass is 10.0. The summed E-state index contributed by atoms with van der Waals surface area (Å²) in [5.74, 6) is 1.39. The first-order valence-corrected chi connectivity index (χ1v) is 10.7. The number of nitrogens with one attached hydrogen (secondary N) is 1. The summed E-state index contributed by atoms with van der Waals surface area (Å²) in [5, 5.41) is 3.54. The number of carbonyl (C=O) groups excluding carboxylic acids is 1. The molecule has 4 rings (SSSR count). The maximum atomic E-state index is 13.4. The van der Waals surface area contributed by atoms with Crippen LogP contribution in [0.3, 0.4) is 0 Å². The van der Waals surface area contributed by atoms with Crippen LogP contribution in [-0.2, 0) is 4.74 Å². The molecular weight excluding hydrogens is 380 g/mol. The normalized spacial score (nSPS) is 21.7. The third kappa shape index (κ3) is 4.10. The monoisotopic (exact) mass is 410 g/mol. The Kier molecular flexibility index (Phi) is 6.13. The van der Waals surface area contributed by atoms with Gasteiger partial charge in [-0.25, -0.2) is 0 Å². The van der Waals surface area contributed by atoms with Gasteiger partial charge in [0, 0.05) is 18.8 Å². The Morgan fingerprint density at radius 3 is 2.80 bits per heavy atom. The first-order valence-electron chi connectivity index (χ1n) is 10.7. The molecule has 6 heteroatoms. The zero-order chi connectivity index (χ0) is 21.1. The molecule has 0 saturated carbocycles. The minimum atomic E-state index is -0.303. The molecule has 160 valence electrons. The van der Waals surface area contributed by atoms with Gasteiger partial charge in [-0.1, -0.05) is 25.1 Å². The fraction of sp³-hybridized carbons (Fsp3) is 0.458. The molecule has 1 amide bonds. The smallest absolute Gasteiger partial charge is 0.257 e. The first kappa shape index (κ1) is 20.5. The Balaban J connectivity index is 1.68. The molecule has 30 heavy (non-hydrogen) atoms. The highest BCUT2D eigenvalue weighted by molar-refractivity contribution is 6.01. The summed E-state index contributed by atoms with van der Waals surface area (Å²) < 4.78 is 17.4. The second-order valence-electron chi connectivity index (χ2n) is 7.93. The van der Waals surface area contributed by atoms with Gasteiger partial charge in [-0.2, -0.15) is 0 Å². The molecule has 0 bridgehead atoms. The van der Waals surface area contributed by atoms with Crippen molar-refractivity contribution >= 4 is 11.6 Å². The number of anilines is 1. The van der Waals surface area contributed by atoms with Crippen molar-refractivity contribution in [3.05, 3.63) is 53.6 Å². The summed E-state index contributed by atoms with van der Waals surface area (Å²) in [6.45, 7) is 5.44. The number of methoxy groups -OCH3 is 1. The van der Waals surface area contributed by atoms with Crippen molar-refractivity contribution in [1.29, 1.82) is 0 Å². The van der Waals surface area contributed by atoms with Crippen molar-refractivity contribution in [1.82, 2.24) is 4.90 Å². The number of amides is 1. The molecule has 6 nitrogen and oxygen atoms in total. The number of ether oxygens (including phenoxy) is 3. The van der Waals surface area contributed by atoms with Crippen molar-refractivity contribution in [2.75, 3.05) is 25.6 Å². The van der Waals surface area contributed by atoms with Crippen molar-refractivity contribution in [3.8, 4) is 11.5 Å². The number of hydrogen-bond acceptors (Lipinski definition) is 5. The van der Waals surface area contributed by atoms with Crippen LogP contribution in [0.5, 0.6) is 11.5 Å². The molecule has 2 aromatic rings. The summed E-state index contributed by atoms with van der Waals surface area (Å²) in [6, 6.07) is 13.5. The second kappa shape index (κ2) is 8.96. The molecule has 0 aliphatic carbocycles. The maximum Gasteiger partial charge on any atom is 0.257 e. The van der Waals surface area contributed by atoms with Crippen molar-refractivity contribution in [3.63, 3.8) is 0 Å². The lowest BCUT2D eigenvalue weighted by molar-refractivity contribution is 0.0426. The average Bonchev–Trinajstić information content (AvgIpc) is 3.29. The fourth-order valence-electron chi connectivity index (χ4n) is 4.00. The van der Waals surface area contributed by atoms with Gasteiger partial charge < -0.3 is 24.4 Å². The number of nitrogens with zero attached hydrogens (tertiary/aromatic N) is 1. The van der Waals surface area contributed by atoms with Crippen LogP contribution in [0.4, 0.5) is 5.69 Å². The van der Waals surface area contributed by atoms with Gasteiger partial charge >= 0.3 is 0 Å². The standard InChI is InChI=1S/C24H30N2O4/c1-4-16(2)30-21-12-11-17(14-22(21)28-3)23-25-20-10-6-5-9-19(20)24(27)26(23)15-18-8-7-13-29-18/h5-6,9-12,14,16,18,23,25H,4,7-8,13,15H2,1-3H3. The molecule has 2 aliphatic heterocycles. The van der Waals surface area contributed by atoms with Crippen molar-refractivity contribution in [2.24, 2.45) is 0 Å². The molecule has 2 aliphatic rings. The summed E-state index contributed by atoms with van der Waals surface area (Å²) in [4.78, 5) is 15.2. The van der Waals surface area contributed by atoms with Crippen LogP contribution in [0.2, 0.25) is 0 Å². The molecule has 0 radical (unpaired) electrons. The number of para-hydroxylation sites is 1. The van der Waals surface area contributed by atoms with E-state index in [1.807, 2.05) is 54.3 Å². The minimum absolute atomic E-state index is 0.0174. The number of hydrogen-bond donors (Lipinski definition) is 1. The summed E-state index contributed by atoms with van der Waals surface area (Å²) in [5.41, 5.74) is 2.48. The van der Waals surface area contributed by atoms with E-state index in [1.54, 1.807) is 7.11 Å². The molecular formula is C24H30N2O4. The Morgan fingerprint density at radius 2 is 2.07 bits per heavy atom. The highest BCUT2D eigenvalue weighted by atomic mass is 16.5. The number of carbonyl (C=O) groups is 1. The molecule has 2 aromatic carbocycles. The molecule has 0 aromatic heterocycles. The molecule has 3 unspecified atom stereocenters. The Hall–Kier alpha value is -2.73. The summed E-state index contributed by atoms with van der Waals surface area (Å²) >= 11 is 0. The predicted molar refractivity (Wildman–Crippen MR) is 116 cm³/mol. The van der Waals surface area contributed by atoms with Gasteiger partial charge in [-0.05, 0) is 56.0 Å². The number of rotatable bonds is 7. The SMILES string of the molecule is CCC(C)Oc1ccc(C2Nc3ccccc3C(=O)N2CC2CCCO2)cc1OC. The predicted octanol–water partition coefficient (Wildman–Crippen LogP) is 4.62. The van der Waals surface area contributed by atoms with Gasteiger partial charge in [-0.3, -0.25) is 4.79 Å². The summed E-state index contributed by atoms with van der Waals surface area (Å²) in [6.07, 6.45) is 2.79. The highest BCUT2D eigenvalue weighted by Crippen LogP contribution is 2.37. The number of fused-ring (bicyclic) bond motifs is 1. The van der Waals surface area contributed by atoms with E-state index < -0.39 is 0 Å². The van der Waals surface area contributed by atoms with Crippen LogP contribution in [0.1, 0.15) is 55.2 Å². The van der Waals surface area contributed by atoms with Gasteiger partial charge in [0.05, 0.1) is 24.9 Å². The van der Waals surface area contributed by atoms with Gasteiger partial charge in [-0.15, -0.1) is 0 Å².